The number of allylic oxidation sites excluding steroid dienone is 1. The van der Waals surface area contributed by atoms with Crippen molar-refractivity contribution in [3.8, 4) is 11.5 Å². The van der Waals surface area contributed by atoms with Gasteiger partial charge in [0.2, 0.25) is 0 Å². The number of aromatic nitrogens is 1. The fourth-order valence-corrected chi connectivity index (χ4v) is 4.04. The number of para-hydroxylation sites is 1. The van der Waals surface area contributed by atoms with Crippen molar-refractivity contribution < 1.29 is 14.3 Å². The normalized spacial score (nSPS) is 13.4. The first kappa shape index (κ1) is 21.7. The molecule has 0 atom stereocenters. The third-order valence-electron chi connectivity index (χ3n) is 5.75. The van der Waals surface area contributed by atoms with Crippen LogP contribution in [0.5, 0.6) is 11.5 Å². The maximum absolute atomic E-state index is 13.1. The number of methoxy groups -OCH3 is 2. The number of hydrogen-bond acceptors (Lipinski definition) is 5. The molecule has 32 heavy (non-hydrogen) atoms. The number of pyridine rings is 1. The zero-order chi connectivity index (χ0) is 22.3. The Bertz CT molecular complexity index is 1140. The van der Waals surface area contributed by atoms with Crippen LogP contribution in [-0.4, -0.2) is 31.7 Å². The number of ether oxygens (including phenoxy) is 2. The highest BCUT2D eigenvalue weighted by Gasteiger charge is 2.15. The Hall–Kier alpha value is -3.54. The first-order chi connectivity index (χ1) is 15.7. The molecular formula is C26H29N3O3. The lowest BCUT2D eigenvalue weighted by atomic mass is 9.97. The number of hydrogen-bond donors (Lipinski definition) is 2. The van der Waals surface area contributed by atoms with Crippen LogP contribution in [0.4, 0.5) is 11.5 Å². The van der Waals surface area contributed by atoms with E-state index in [1.165, 1.54) is 18.4 Å². The summed E-state index contributed by atoms with van der Waals surface area (Å²) in [6.07, 6.45) is 8.04. The van der Waals surface area contributed by atoms with Crippen LogP contribution in [0.1, 0.15) is 42.5 Å². The second-order valence-corrected chi connectivity index (χ2v) is 7.88. The summed E-state index contributed by atoms with van der Waals surface area (Å²) in [5.74, 6) is 1.83. The van der Waals surface area contributed by atoms with Crippen molar-refractivity contribution in [2.24, 2.45) is 0 Å². The number of carbonyl (C=O) groups is 1. The van der Waals surface area contributed by atoms with Crippen LogP contribution in [0.3, 0.4) is 0 Å². The van der Waals surface area contributed by atoms with Gasteiger partial charge in [0.1, 0.15) is 17.3 Å². The monoisotopic (exact) mass is 431 g/mol. The number of anilines is 2. The summed E-state index contributed by atoms with van der Waals surface area (Å²) in [5, 5.41) is 7.20. The highest BCUT2D eigenvalue weighted by Crippen LogP contribution is 2.32. The minimum absolute atomic E-state index is 0.0966. The van der Waals surface area contributed by atoms with Crippen molar-refractivity contribution in [3.05, 3.63) is 65.7 Å². The molecule has 0 spiro atoms. The smallest absolute Gasteiger partial charge is 0.252 e. The lowest BCUT2D eigenvalue weighted by Gasteiger charge is -2.15. The van der Waals surface area contributed by atoms with E-state index in [-0.39, 0.29) is 5.91 Å². The second kappa shape index (κ2) is 10.2. The second-order valence-electron chi connectivity index (χ2n) is 7.88. The molecule has 0 aliphatic heterocycles. The Kier molecular flexibility index (Phi) is 6.90. The van der Waals surface area contributed by atoms with E-state index in [1.54, 1.807) is 20.3 Å². The Labute approximate surface area is 188 Å². The van der Waals surface area contributed by atoms with Gasteiger partial charge in [-0.15, -0.1) is 0 Å². The van der Waals surface area contributed by atoms with Gasteiger partial charge in [0.15, 0.2) is 0 Å². The predicted molar refractivity (Wildman–Crippen MR) is 128 cm³/mol. The average molecular weight is 432 g/mol. The molecule has 0 saturated carbocycles. The minimum atomic E-state index is -0.0966. The molecule has 4 rings (SSSR count). The first-order valence-electron chi connectivity index (χ1n) is 11.0. The molecule has 1 heterocycles. The highest BCUT2D eigenvalue weighted by molar-refractivity contribution is 6.07. The molecule has 3 aromatic rings. The number of rotatable bonds is 8. The van der Waals surface area contributed by atoms with Gasteiger partial charge < -0.3 is 20.1 Å². The molecule has 0 radical (unpaired) electrons. The molecule has 6 nitrogen and oxygen atoms in total. The number of benzene rings is 2. The van der Waals surface area contributed by atoms with E-state index in [1.807, 2.05) is 42.5 Å². The Morgan fingerprint density at radius 3 is 2.72 bits per heavy atom. The highest BCUT2D eigenvalue weighted by atomic mass is 16.5. The molecule has 2 aromatic carbocycles. The topological polar surface area (TPSA) is 72.5 Å². The van der Waals surface area contributed by atoms with E-state index in [4.69, 9.17) is 14.5 Å². The zero-order valence-electron chi connectivity index (χ0n) is 18.6. The van der Waals surface area contributed by atoms with Crippen LogP contribution in [-0.2, 0) is 0 Å². The number of carbonyl (C=O) groups excluding carboxylic acids is 1. The number of nitrogens with zero attached hydrogens (tertiary/aromatic N) is 1. The Balaban J connectivity index is 1.59. The van der Waals surface area contributed by atoms with Crippen LogP contribution < -0.4 is 20.1 Å². The maximum atomic E-state index is 13.1. The van der Waals surface area contributed by atoms with Gasteiger partial charge in [-0.1, -0.05) is 29.8 Å². The minimum Gasteiger partial charge on any atom is -0.497 e. The fraction of sp³-hybridized carbons (Fsp3) is 0.308. The number of amides is 1. The van der Waals surface area contributed by atoms with Gasteiger partial charge >= 0.3 is 0 Å². The van der Waals surface area contributed by atoms with Crippen molar-refractivity contribution in [1.29, 1.82) is 0 Å². The van der Waals surface area contributed by atoms with E-state index in [0.29, 0.717) is 35.1 Å². The fourth-order valence-electron chi connectivity index (χ4n) is 4.04. The van der Waals surface area contributed by atoms with Crippen molar-refractivity contribution in [2.75, 3.05) is 26.1 Å². The maximum Gasteiger partial charge on any atom is 0.252 e. The Morgan fingerprint density at radius 1 is 1.06 bits per heavy atom. The molecule has 0 bridgehead atoms. The van der Waals surface area contributed by atoms with Crippen molar-refractivity contribution in [2.45, 2.75) is 32.1 Å². The van der Waals surface area contributed by atoms with Gasteiger partial charge in [-0.2, -0.15) is 0 Å². The summed E-state index contributed by atoms with van der Waals surface area (Å²) in [4.78, 5) is 17.8. The van der Waals surface area contributed by atoms with Gasteiger partial charge in [0.25, 0.3) is 5.91 Å². The molecule has 1 aliphatic carbocycles. The van der Waals surface area contributed by atoms with Crippen LogP contribution in [0, 0.1) is 0 Å². The molecular weight excluding hydrogens is 402 g/mol. The van der Waals surface area contributed by atoms with Gasteiger partial charge in [0.05, 0.1) is 31.0 Å². The van der Waals surface area contributed by atoms with Crippen molar-refractivity contribution >= 4 is 28.3 Å². The molecule has 1 aliphatic rings. The van der Waals surface area contributed by atoms with Gasteiger partial charge in [-0.3, -0.25) is 4.79 Å². The standard InChI is InChI=1S/C26H29N3O3/c1-31-19-12-13-24(32-2)23(16-19)29-25-17-21(20-10-6-7-11-22(20)28-25)26(30)27-15-14-18-8-4-3-5-9-18/h6-8,10-13,16-17H,3-5,9,14-15H2,1-2H3,(H,27,30)(H,28,29). The van der Waals surface area contributed by atoms with E-state index >= 15 is 0 Å². The summed E-state index contributed by atoms with van der Waals surface area (Å²) < 4.78 is 10.8. The quantitative estimate of drug-likeness (QED) is 0.453. The van der Waals surface area contributed by atoms with E-state index in [0.717, 1.165) is 30.2 Å². The molecule has 2 N–H and O–H groups in total. The van der Waals surface area contributed by atoms with Crippen LogP contribution in [0.2, 0.25) is 0 Å². The molecule has 0 saturated heterocycles. The molecule has 6 heteroatoms. The SMILES string of the molecule is COc1ccc(OC)c(Nc2cc(C(=O)NCCC3=CCCCC3)c3ccccc3n2)c1. The third-order valence-corrected chi connectivity index (χ3v) is 5.75. The lowest BCUT2D eigenvalue weighted by Crippen LogP contribution is -2.25. The third kappa shape index (κ3) is 5.02. The first-order valence-corrected chi connectivity index (χ1v) is 11.0. The summed E-state index contributed by atoms with van der Waals surface area (Å²) in [5.41, 5.74) is 3.51. The Morgan fingerprint density at radius 2 is 1.94 bits per heavy atom. The van der Waals surface area contributed by atoms with Crippen LogP contribution in [0.15, 0.2) is 60.2 Å². The summed E-state index contributed by atoms with van der Waals surface area (Å²) in [7, 11) is 3.23. The zero-order valence-corrected chi connectivity index (χ0v) is 18.6. The van der Waals surface area contributed by atoms with Gasteiger partial charge in [0, 0.05) is 18.0 Å². The average Bonchev–Trinajstić information content (AvgIpc) is 2.84. The van der Waals surface area contributed by atoms with Crippen LogP contribution >= 0.6 is 0 Å². The largest absolute Gasteiger partial charge is 0.497 e. The molecule has 1 amide bonds. The number of fused-ring (bicyclic) bond motifs is 1. The summed E-state index contributed by atoms with van der Waals surface area (Å²) in [6, 6.07) is 15.0. The van der Waals surface area contributed by atoms with Gasteiger partial charge in [-0.05, 0) is 56.4 Å². The van der Waals surface area contributed by atoms with Crippen molar-refractivity contribution in [3.63, 3.8) is 0 Å². The summed E-state index contributed by atoms with van der Waals surface area (Å²) in [6.45, 7) is 0.633. The van der Waals surface area contributed by atoms with Gasteiger partial charge in [-0.25, -0.2) is 4.98 Å². The van der Waals surface area contributed by atoms with E-state index in [2.05, 4.69) is 16.7 Å². The molecule has 1 aromatic heterocycles. The van der Waals surface area contributed by atoms with Crippen LogP contribution in [0.25, 0.3) is 10.9 Å². The van der Waals surface area contributed by atoms with Crippen molar-refractivity contribution in [1.82, 2.24) is 10.3 Å². The molecule has 166 valence electrons. The summed E-state index contributed by atoms with van der Waals surface area (Å²) >= 11 is 0. The molecule has 0 fully saturated rings. The predicted octanol–water partition coefficient (Wildman–Crippen LogP) is 5.62. The number of nitrogens with one attached hydrogen (secondary N) is 2. The molecule has 0 unspecified atom stereocenters. The van der Waals surface area contributed by atoms with E-state index in [9.17, 15) is 4.79 Å². The lowest BCUT2D eigenvalue weighted by molar-refractivity contribution is 0.0955. The van der Waals surface area contributed by atoms with E-state index < -0.39 is 0 Å².